The molecule has 0 aliphatic carbocycles. The molecule has 6 heteroatoms. The summed E-state index contributed by atoms with van der Waals surface area (Å²) in [6.07, 6.45) is 3.70. The zero-order valence-electron chi connectivity index (χ0n) is 8.38. The molecule has 15 heavy (non-hydrogen) atoms. The number of hydrazine groups is 1. The first kappa shape index (κ1) is 9.60. The van der Waals surface area contributed by atoms with E-state index in [0.717, 1.165) is 17.8 Å². The van der Waals surface area contributed by atoms with E-state index >= 15 is 0 Å². The molecule has 0 bridgehead atoms. The number of aromatic nitrogens is 4. The summed E-state index contributed by atoms with van der Waals surface area (Å²) in [6.45, 7) is 2.87. The molecule has 6 nitrogen and oxygen atoms in total. The van der Waals surface area contributed by atoms with E-state index in [1.807, 2.05) is 23.9 Å². The number of nitrogens with two attached hydrogens (primary N) is 1. The summed E-state index contributed by atoms with van der Waals surface area (Å²) in [5.41, 5.74) is 4.17. The highest BCUT2D eigenvalue weighted by atomic mass is 15.3. The van der Waals surface area contributed by atoms with Crippen LogP contribution in [0.15, 0.2) is 24.5 Å². The van der Waals surface area contributed by atoms with Gasteiger partial charge in [0.2, 0.25) is 0 Å². The van der Waals surface area contributed by atoms with Gasteiger partial charge in [-0.15, -0.1) is 10.2 Å². The summed E-state index contributed by atoms with van der Waals surface area (Å²) in [5, 5.41) is 12.1. The Bertz CT molecular complexity index is 432. The maximum atomic E-state index is 5.20. The summed E-state index contributed by atoms with van der Waals surface area (Å²) in [4.78, 5) is 0. The second kappa shape index (κ2) is 4.05. The Kier molecular flexibility index (Phi) is 2.59. The molecule has 0 amide bonds. The monoisotopic (exact) mass is 204 g/mol. The Labute approximate surface area is 87.1 Å². The first-order chi connectivity index (χ1) is 7.33. The van der Waals surface area contributed by atoms with E-state index in [9.17, 15) is 0 Å². The van der Waals surface area contributed by atoms with Gasteiger partial charge >= 0.3 is 0 Å². The van der Waals surface area contributed by atoms with Crippen molar-refractivity contribution in [1.82, 2.24) is 20.0 Å². The summed E-state index contributed by atoms with van der Waals surface area (Å²) in [5.74, 6) is 5.74. The average Bonchev–Trinajstić information content (AvgIpc) is 2.78. The van der Waals surface area contributed by atoms with Crippen molar-refractivity contribution in [1.29, 1.82) is 0 Å². The van der Waals surface area contributed by atoms with Crippen molar-refractivity contribution >= 4 is 5.82 Å². The molecule has 2 rings (SSSR count). The maximum Gasteiger partial charge on any atom is 0.162 e. The fourth-order valence-electron chi connectivity index (χ4n) is 1.23. The topological polar surface area (TPSA) is 81.7 Å². The smallest absolute Gasteiger partial charge is 0.162 e. The lowest BCUT2D eigenvalue weighted by Gasteiger charge is -1.98. The third kappa shape index (κ3) is 1.94. The Morgan fingerprint density at radius 2 is 2.27 bits per heavy atom. The Balaban J connectivity index is 2.28. The van der Waals surface area contributed by atoms with Crippen molar-refractivity contribution in [2.75, 3.05) is 5.43 Å². The Morgan fingerprint density at radius 3 is 2.80 bits per heavy atom. The quantitative estimate of drug-likeness (QED) is 0.566. The van der Waals surface area contributed by atoms with Gasteiger partial charge in [0.1, 0.15) is 0 Å². The van der Waals surface area contributed by atoms with E-state index in [1.54, 1.807) is 12.3 Å². The second-order valence-electron chi connectivity index (χ2n) is 3.03. The lowest BCUT2D eigenvalue weighted by molar-refractivity contribution is 0.660. The molecular formula is C9H12N6. The van der Waals surface area contributed by atoms with Gasteiger partial charge in [0.25, 0.3) is 0 Å². The molecular weight excluding hydrogens is 192 g/mol. The van der Waals surface area contributed by atoms with Crippen LogP contribution in [-0.2, 0) is 6.54 Å². The minimum atomic E-state index is 0.543. The molecule has 0 aliphatic heterocycles. The fraction of sp³-hybridized carbons (Fsp3) is 0.222. The van der Waals surface area contributed by atoms with Crippen LogP contribution in [0.5, 0.6) is 0 Å². The molecule has 0 saturated heterocycles. The number of anilines is 1. The largest absolute Gasteiger partial charge is 0.307 e. The normalized spacial score (nSPS) is 10.3. The highest BCUT2D eigenvalue weighted by molar-refractivity contribution is 5.57. The first-order valence-electron chi connectivity index (χ1n) is 4.66. The standard InChI is InChI=1S/C9H12N6/c1-2-15-6-7(5-11-15)8-3-4-9(12-10)14-13-8/h3-6H,2,10H2,1H3,(H,12,14). The highest BCUT2D eigenvalue weighted by Crippen LogP contribution is 2.15. The SMILES string of the molecule is CCn1cc(-c2ccc(NN)nn2)cn1. The van der Waals surface area contributed by atoms with Gasteiger partial charge in [0, 0.05) is 18.3 Å². The lowest BCUT2D eigenvalue weighted by Crippen LogP contribution is -2.08. The number of nitrogens with zero attached hydrogens (tertiary/aromatic N) is 4. The number of hydrogen-bond acceptors (Lipinski definition) is 5. The maximum absolute atomic E-state index is 5.20. The predicted octanol–water partition coefficient (Wildman–Crippen LogP) is 0.646. The van der Waals surface area contributed by atoms with E-state index in [0.29, 0.717) is 5.82 Å². The summed E-state index contributed by atoms with van der Waals surface area (Å²) < 4.78 is 1.84. The summed E-state index contributed by atoms with van der Waals surface area (Å²) in [6, 6.07) is 3.62. The van der Waals surface area contributed by atoms with Gasteiger partial charge in [-0.05, 0) is 19.1 Å². The predicted molar refractivity (Wildman–Crippen MR) is 56.7 cm³/mol. The van der Waals surface area contributed by atoms with Crippen LogP contribution in [0.3, 0.4) is 0 Å². The van der Waals surface area contributed by atoms with Crippen LogP contribution in [0.1, 0.15) is 6.92 Å². The lowest BCUT2D eigenvalue weighted by atomic mass is 10.2. The molecule has 0 unspecified atom stereocenters. The fourth-order valence-corrected chi connectivity index (χ4v) is 1.23. The summed E-state index contributed by atoms with van der Waals surface area (Å²) >= 11 is 0. The molecule has 78 valence electrons. The number of nitrogen functional groups attached to an aromatic ring is 1. The third-order valence-corrected chi connectivity index (χ3v) is 2.07. The molecule has 0 saturated carbocycles. The van der Waals surface area contributed by atoms with Crippen LogP contribution in [-0.4, -0.2) is 20.0 Å². The zero-order valence-corrected chi connectivity index (χ0v) is 8.38. The minimum Gasteiger partial charge on any atom is -0.307 e. The van der Waals surface area contributed by atoms with Crippen molar-refractivity contribution in [3.63, 3.8) is 0 Å². The van der Waals surface area contributed by atoms with Crippen molar-refractivity contribution in [3.8, 4) is 11.3 Å². The Morgan fingerprint density at radius 1 is 1.40 bits per heavy atom. The van der Waals surface area contributed by atoms with Gasteiger partial charge in [-0.25, -0.2) is 5.84 Å². The molecule has 3 N–H and O–H groups in total. The molecule has 2 heterocycles. The van der Waals surface area contributed by atoms with Crippen LogP contribution in [0.2, 0.25) is 0 Å². The van der Waals surface area contributed by atoms with E-state index < -0.39 is 0 Å². The van der Waals surface area contributed by atoms with Gasteiger partial charge in [0.05, 0.1) is 11.9 Å². The number of hydrogen-bond donors (Lipinski definition) is 2. The molecule has 0 atom stereocenters. The first-order valence-corrected chi connectivity index (χ1v) is 4.66. The van der Waals surface area contributed by atoms with Gasteiger partial charge in [-0.3, -0.25) is 4.68 Å². The third-order valence-electron chi connectivity index (χ3n) is 2.07. The van der Waals surface area contributed by atoms with Gasteiger partial charge in [-0.2, -0.15) is 5.10 Å². The Hall–Kier alpha value is -1.95. The average molecular weight is 204 g/mol. The number of rotatable bonds is 3. The van der Waals surface area contributed by atoms with E-state index in [-0.39, 0.29) is 0 Å². The molecule has 0 spiro atoms. The summed E-state index contributed by atoms with van der Waals surface area (Å²) in [7, 11) is 0. The van der Waals surface area contributed by atoms with Crippen LogP contribution in [0.4, 0.5) is 5.82 Å². The number of aryl methyl sites for hydroxylation is 1. The molecule has 0 fully saturated rings. The minimum absolute atomic E-state index is 0.543. The van der Waals surface area contributed by atoms with Crippen LogP contribution in [0.25, 0.3) is 11.3 Å². The molecule has 0 aromatic carbocycles. The molecule has 2 aromatic heterocycles. The molecule has 0 aliphatic rings. The molecule has 0 radical (unpaired) electrons. The van der Waals surface area contributed by atoms with Gasteiger partial charge in [0.15, 0.2) is 5.82 Å². The van der Waals surface area contributed by atoms with Crippen molar-refractivity contribution < 1.29 is 0 Å². The second-order valence-corrected chi connectivity index (χ2v) is 3.03. The van der Waals surface area contributed by atoms with Crippen LogP contribution >= 0.6 is 0 Å². The van der Waals surface area contributed by atoms with E-state index in [2.05, 4.69) is 20.7 Å². The van der Waals surface area contributed by atoms with Gasteiger partial charge in [-0.1, -0.05) is 0 Å². The van der Waals surface area contributed by atoms with Crippen molar-refractivity contribution in [3.05, 3.63) is 24.5 Å². The van der Waals surface area contributed by atoms with Crippen molar-refractivity contribution in [2.24, 2.45) is 5.84 Å². The molecule has 2 aromatic rings. The van der Waals surface area contributed by atoms with Gasteiger partial charge < -0.3 is 5.43 Å². The highest BCUT2D eigenvalue weighted by Gasteiger charge is 2.02. The van der Waals surface area contributed by atoms with E-state index in [4.69, 9.17) is 5.84 Å². The van der Waals surface area contributed by atoms with Crippen LogP contribution < -0.4 is 11.3 Å². The number of nitrogens with one attached hydrogen (secondary N) is 1. The van der Waals surface area contributed by atoms with Crippen LogP contribution in [0, 0.1) is 0 Å². The van der Waals surface area contributed by atoms with Crippen molar-refractivity contribution in [2.45, 2.75) is 13.5 Å². The van der Waals surface area contributed by atoms with E-state index in [1.165, 1.54) is 0 Å². The zero-order chi connectivity index (χ0) is 10.7.